The Morgan fingerprint density at radius 2 is 2.14 bits per heavy atom. The zero-order valence-corrected chi connectivity index (χ0v) is 14.0. The van der Waals surface area contributed by atoms with Gasteiger partial charge in [0.15, 0.2) is 5.11 Å². The Morgan fingerprint density at radius 3 is 2.77 bits per heavy atom. The van der Waals surface area contributed by atoms with Crippen LogP contribution in [0.1, 0.15) is 34.7 Å². The summed E-state index contributed by atoms with van der Waals surface area (Å²) in [6, 6.07) is 0. The SMILES string of the molecule is COCCCNC(=S)N1CCCN1C(=O)c1c(C)noc1C. The summed E-state index contributed by atoms with van der Waals surface area (Å²) in [7, 11) is 1.67. The highest BCUT2D eigenvalue weighted by Gasteiger charge is 2.32. The molecular weight excluding hydrogens is 304 g/mol. The fourth-order valence-electron chi connectivity index (χ4n) is 2.45. The first-order valence-corrected chi connectivity index (χ1v) is 7.76. The first-order valence-electron chi connectivity index (χ1n) is 7.35. The number of thiocarbonyl (C=S) groups is 1. The molecule has 0 bridgehead atoms. The van der Waals surface area contributed by atoms with Crippen LogP contribution in [-0.2, 0) is 4.74 Å². The molecule has 0 saturated carbocycles. The van der Waals surface area contributed by atoms with Gasteiger partial charge in [-0.25, -0.2) is 5.01 Å². The number of hydrogen-bond donors (Lipinski definition) is 1. The van der Waals surface area contributed by atoms with Gasteiger partial charge in [0, 0.05) is 33.4 Å². The molecule has 22 heavy (non-hydrogen) atoms. The smallest absolute Gasteiger partial charge is 0.277 e. The number of aryl methyl sites for hydroxylation is 2. The van der Waals surface area contributed by atoms with E-state index in [9.17, 15) is 4.79 Å². The third kappa shape index (κ3) is 3.56. The monoisotopic (exact) mass is 326 g/mol. The Balaban J connectivity index is 2.01. The fourth-order valence-corrected chi connectivity index (χ4v) is 2.75. The normalized spacial score (nSPS) is 14.5. The molecule has 122 valence electrons. The van der Waals surface area contributed by atoms with Gasteiger partial charge in [-0.2, -0.15) is 0 Å². The third-order valence-electron chi connectivity index (χ3n) is 3.55. The minimum atomic E-state index is -0.116. The van der Waals surface area contributed by atoms with Crippen LogP contribution < -0.4 is 5.32 Å². The largest absolute Gasteiger partial charge is 0.385 e. The molecule has 2 heterocycles. The van der Waals surface area contributed by atoms with Crippen LogP contribution in [0.25, 0.3) is 0 Å². The van der Waals surface area contributed by atoms with Crippen LogP contribution in [-0.4, -0.2) is 59.5 Å². The Bertz CT molecular complexity index is 527. The summed E-state index contributed by atoms with van der Waals surface area (Å²) in [6.07, 6.45) is 1.75. The summed E-state index contributed by atoms with van der Waals surface area (Å²) in [5.74, 6) is 0.420. The van der Waals surface area contributed by atoms with Gasteiger partial charge >= 0.3 is 0 Å². The van der Waals surface area contributed by atoms with E-state index in [0.717, 1.165) is 25.9 Å². The summed E-state index contributed by atoms with van der Waals surface area (Å²) in [5.41, 5.74) is 1.13. The van der Waals surface area contributed by atoms with Crippen molar-refractivity contribution in [3.05, 3.63) is 17.0 Å². The minimum Gasteiger partial charge on any atom is -0.385 e. The second-order valence-corrected chi connectivity index (χ2v) is 5.57. The average Bonchev–Trinajstić information content (AvgIpc) is 3.10. The van der Waals surface area contributed by atoms with Crippen molar-refractivity contribution in [2.24, 2.45) is 0 Å². The predicted octanol–water partition coefficient (Wildman–Crippen LogP) is 1.27. The highest BCUT2D eigenvalue weighted by Crippen LogP contribution is 2.20. The number of hydrogen-bond acceptors (Lipinski definition) is 5. The topological polar surface area (TPSA) is 70.8 Å². The molecular formula is C14H22N4O3S. The van der Waals surface area contributed by atoms with Crippen LogP contribution in [0.3, 0.4) is 0 Å². The minimum absolute atomic E-state index is 0.116. The maximum absolute atomic E-state index is 12.7. The van der Waals surface area contributed by atoms with E-state index < -0.39 is 0 Å². The number of carbonyl (C=O) groups is 1. The number of methoxy groups -OCH3 is 1. The van der Waals surface area contributed by atoms with E-state index in [2.05, 4.69) is 10.5 Å². The van der Waals surface area contributed by atoms with Crippen molar-refractivity contribution in [1.82, 2.24) is 20.5 Å². The van der Waals surface area contributed by atoms with E-state index in [-0.39, 0.29) is 5.91 Å². The van der Waals surface area contributed by atoms with Crippen molar-refractivity contribution in [2.45, 2.75) is 26.7 Å². The Hall–Kier alpha value is -1.67. The molecule has 1 aromatic heterocycles. The summed E-state index contributed by atoms with van der Waals surface area (Å²) < 4.78 is 10.1. The maximum atomic E-state index is 12.7. The standard InChI is InChI=1S/C14H22N4O3S/c1-10-12(11(2)21-16-10)13(19)17-7-5-8-18(17)14(22)15-6-4-9-20-3/h4-9H2,1-3H3,(H,15,22). The van der Waals surface area contributed by atoms with Gasteiger partial charge in [-0.05, 0) is 38.9 Å². The van der Waals surface area contributed by atoms with Crippen molar-refractivity contribution >= 4 is 23.2 Å². The van der Waals surface area contributed by atoms with E-state index in [0.29, 0.717) is 35.3 Å². The number of aromatic nitrogens is 1. The van der Waals surface area contributed by atoms with Crippen molar-refractivity contribution in [2.75, 3.05) is 33.4 Å². The van der Waals surface area contributed by atoms with Gasteiger partial charge in [-0.15, -0.1) is 0 Å². The summed E-state index contributed by atoms with van der Waals surface area (Å²) in [6.45, 7) is 6.28. The van der Waals surface area contributed by atoms with Crippen LogP contribution in [0.4, 0.5) is 0 Å². The molecule has 7 nitrogen and oxygen atoms in total. The van der Waals surface area contributed by atoms with Crippen LogP contribution in [0.15, 0.2) is 4.52 Å². The van der Waals surface area contributed by atoms with E-state index in [1.807, 2.05) is 5.01 Å². The first-order chi connectivity index (χ1) is 10.6. The van der Waals surface area contributed by atoms with Crippen molar-refractivity contribution in [3.8, 4) is 0 Å². The summed E-state index contributed by atoms with van der Waals surface area (Å²) >= 11 is 5.40. The lowest BCUT2D eigenvalue weighted by Crippen LogP contribution is -2.49. The van der Waals surface area contributed by atoms with Gasteiger partial charge in [-0.1, -0.05) is 5.16 Å². The number of carbonyl (C=O) groups excluding carboxylic acids is 1. The fraction of sp³-hybridized carbons (Fsp3) is 0.643. The number of nitrogens with one attached hydrogen (secondary N) is 1. The lowest BCUT2D eigenvalue weighted by molar-refractivity contribution is 0.0489. The van der Waals surface area contributed by atoms with Crippen molar-refractivity contribution in [1.29, 1.82) is 0 Å². The van der Waals surface area contributed by atoms with Gasteiger partial charge in [-0.3, -0.25) is 9.80 Å². The number of ether oxygens (including phenoxy) is 1. The molecule has 1 amide bonds. The van der Waals surface area contributed by atoms with Crippen molar-refractivity contribution in [3.63, 3.8) is 0 Å². The number of nitrogens with zero attached hydrogens (tertiary/aromatic N) is 3. The zero-order chi connectivity index (χ0) is 16.1. The Kier molecular flexibility index (Phi) is 5.73. The molecule has 0 atom stereocenters. The quantitative estimate of drug-likeness (QED) is 0.645. The van der Waals surface area contributed by atoms with E-state index in [1.54, 1.807) is 26.0 Å². The van der Waals surface area contributed by atoms with E-state index in [4.69, 9.17) is 21.5 Å². The Morgan fingerprint density at radius 1 is 1.41 bits per heavy atom. The van der Waals surface area contributed by atoms with Gasteiger partial charge < -0.3 is 14.6 Å². The van der Waals surface area contributed by atoms with E-state index in [1.165, 1.54) is 0 Å². The molecule has 1 aliphatic heterocycles. The molecule has 1 saturated heterocycles. The predicted molar refractivity (Wildman–Crippen MR) is 85.4 cm³/mol. The summed E-state index contributed by atoms with van der Waals surface area (Å²) in [5, 5.41) is 11.1. The number of rotatable bonds is 5. The molecule has 2 rings (SSSR count). The average molecular weight is 326 g/mol. The summed E-state index contributed by atoms with van der Waals surface area (Å²) in [4.78, 5) is 12.7. The molecule has 1 aromatic rings. The number of hydrazine groups is 1. The second-order valence-electron chi connectivity index (χ2n) is 5.18. The second kappa shape index (κ2) is 7.55. The van der Waals surface area contributed by atoms with Crippen LogP contribution in [0.5, 0.6) is 0 Å². The molecule has 1 fully saturated rings. The maximum Gasteiger partial charge on any atom is 0.277 e. The third-order valence-corrected chi connectivity index (χ3v) is 3.90. The van der Waals surface area contributed by atoms with Gasteiger partial charge in [0.1, 0.15) is 11.3 Å². The lowest BCUT2D eigenvalue weighted by atomic mass is 10.2. The molecule has 1 aliphatic rings. The molecule has 8 heteroatoms. The van der Waals surface area contributed by atoms with E-state index >= 15 is 0 Å². The highest BCUT2D eigenvalue weighted by molar-refractivity contribution is 7.80. The molecule has 0 spiro atoms. The molecule has 0 unspecified atom stereocenters. The molecule has 0 radical (unpaired) electrons. The molecule has 0 aliphatic carbocycles. The van der Waals surface area contributed by atoms with Gasteiger partial charge in [0.05, 0.1) is 5.69 Å². The first kappa shape index (κ1) is 16.7. The van der Waals surface area contributed by atoms with Crippen molar-refractivity contribution < 1.29 is 14.1 Å². The van der Waals surface area contributed by atoms with Crippen LogP contribution >= 0.6 is 12.2 Å². The highest BCUT2D eigenvalue weighted by atomic mass is 32.1. The zero-order valence-electron chi connectivity index (χ0n) is 13.2. The van der Waals surface area contributed by atoms with Crippen LogP contribution in [0, 0.1) is 13.8 Å². The molecule has 1 N–H and O–H groups in total. The lowest BCUT2D eigenvalue weighted by Gasteiger charge is -2.30. The number of amides is 1. The Labute approximate surface area is 135 Å². The van der Waals surface area contributed by atoms with Gasteiger partial charge in [0.2, 0.25) is 0 Å². The van der Waals surface area contributed by atoms with Crippen LogP contribution in [0.2, 0.25) is 0 Å². The molecule has 0 aromatic carbocycles. The van der Waals surface area contributed by atoms with Gasteiger partial charge in [0.25, 0.3) is 5.91 Å².